The maximum absolute atomic E-state index is 5.90. The maximum atomic E-state index is 5.90. The second kappa shape index (κ2) is 7.45. The fourth-order valence-corrected chi connectivity index (χ4v) is 2.82. The largest absolute Gasteiger partial charge is 0.494 e. The molecule has 3 heterocycles. The molecule has 2 aromatic heterocycles. The smallest absolute Gasteiger partial charge is 0.316 e. The summed E-state index contributed by atoms with van der Waals surface area (Å²) >= 11 is 1.54. The minimum atomic E-state index is 0.0461. The van der Waals surface area contributed by atoms with Gasteiger partial charge in [0.25, 0.3) is 0 Å². The van der Waals surface area contributed by atoms with E-state index in [2.05, 4.69) is 24.8 Å². The van der Waals surface area contributed by atoms with Gasteiger partial charge in [0.15, 0.2) is 10.9 Å². The summed E-state index contributed by atoms with van der Waals surface area (Å²) in [5, 5.41) is 0.782. The lowest BCUT2D eigenvalue weighted by molar-refractivity contribution is 0.163. The van der Waals surface area contributed by atoms with Gasteiger partial charge in [-0.1, -0.05) is 11.8 Å². The Bertz CT molecular complexity index is 640. The molecule has 1 aliphatic rings. The molecule has 0 aromatic carbocycles. The molecule has 7 nitrogen and oxygen atoms in total. The number of nitrogens with zero attached hydrogens (tertiary/aromatic N) is 5. The Labute approximate surface area is 139 Å². The second-order valence-corrected chi connectivity index (χ2v) is 5.91. The van der Waals surface area contributed by atoms with E-state index in [0.717, 1.165) is 36.9 Å². The molecule has 122 valence electrons. The van der Waals surface area contributed by atoms with Crippen LogP contribution in [0.2, 0.25) is 0 Å². The lowest BCUT2D eigenvalue weighted by atomic mass is 10.1. The molecule has 1 unspecified atom stereocenters. The number of anilines is 1. The summed E-state index contributed by atoms with van der Waals surface area (Å²) < 4.78 is 10.9. The van der Waals surface area contributed by atoms with Crippen molar-refractivity contribution in [3.8, 4) is 11.8 Å². The topological polar surface area (TPSA) is 73.3 Å². The molecule has 23 heavy (non-hydrogen) atoms. The van der Waals surface area contributed by atoms with Crippen LogP contribution in [0.1, 0.15) is 12.8 Å². The molecule has 0 aliphatic carbocycles. The SMILES string of the molecule is COc1cnc(OC2CCCN(c3ccnc(SC)n3)C2)nc1. The minimum absolute atomic E-state index is 0.0461. The average Bonchev–Trinajstić information content (AvgIpc) is 2.63. The van der Waals surface area contributed by atoms with Crippen molar-refractivity contribution in [3.63, 3.8) is 0 Å². The zero-order valence-electron chi connectivity index (χ0n) is 13.2. The molecule has 1 aliphatic heterocycles. The van der Waals surface area contributed by atoms with Crippen LogP contribution in [-0.2, 0) is 0 Å². The Morgan fingerprint density at radius 2 is 2.09 bits per heavy atom. The number of ether oxygens (including phenoxy) is 2. The summed E-state index contributed by atoms with van der Waals surface area (Å²) in [6, 6.07) is 2.32. The standard InChI is InChI=1S/C15H19N5O2S/c1-21-12-8-17-14(18-9-12)22-11-4-3-7-20(10-11)13-5-6-16-15(19-13)23-2/h5-6,8-9,11H,3-4,7,10H2,1-2H3. The van der Waals surface area contributed by atoms with Crippen LogP contribution in [0.3, 0.4) is 0 Å². The van der Waals surface area contributed by atoms with E-state index in [9.17, 15) is 0 Å². The van der Waals surface area contributed by atoms with E-state index in [0.29, 0.717) is 11.8 Å². The van der Waals surface area contributed by atoms with Gasteiger partial charge >= 0.3 is 6.01 Å². The van der Waals surface area contributed by atoms with Crippen molar-refractivity contribution in [2.24, 2.45) is 0 Å². The maximum Gasteiger partial charge on any atom is 0.316 e. The van der Waals surface area contributed by atoms with Crippen molar-refractivity contribution in [3.05, 3.63) is 24.7 Å². The molecular weight excluding hydrogens is 314 g/mol. The molecule has 0 bridgehead atoms. The van der Waals surface area contributed by atoms with Crippen molar-refractivity contribution >= 4 is 17.6 Å². The average molecular weight is 333 g/mol. The molecular formula is C15H19N5O2S. The number of piperidine rings is 1. The summed E-state index contributed by atoms with van der Waals surface area (Å²) in [6.07, 6.45) is 9.06. The van der Waals surface area contributed by atoms with E-state index >= 15 is 0 Å². The highest BCUT2D eigenvalue weighted by atomic mass is 32.2. The summed E-state index contributed by atoms with van der Waals surface area (Å²) in [5.74, 6) is 1.56. The van der Waals surface area contributed by atoms with Gasteiger partial charge in [0.2, 0.25) is 0 Å². The lowest BCUT2D eigenvalue weighted by Gasteiger charge is -2.33. The number of hydrogen-bond donors (Lipinski definition) is 0. The van der Waals surface area contributed by atoms with Gasteiger partial charge in [-0.2, -0.15) is 9.97 Å². The van der Waals surface area contributed by atoms with Crippen LogP contribution in [0.15, 0.2) is 29.8 Å². The number of aromatic nitrogens is 4. The van der Waals surface area contributed by atoms with Crippen molar-refractivity contribution in [2.45, 2.75) is 24.1 Å². The fraction of sp³-hybridized carbons (Fsp3) is 0.467. The Hall–Kier alpha value is -2.09. The van der Waals surface area contributed by atoms with E-state index in [4.69, 9.17) is 9.47 Å². The van der Waals surface area contributed by atoms with Gasteiger partial charge in [-0.25, -0.2) is 9.97 Å². The molecule has 0 spiro atoms. The molecule has 8 heteroatoms. The predicted octanol–water partition coefficient (Wildman–Crippen LogP) is 2.04. The van der Waals surface area contributed by atoms with Gasteiger partial charge < -0.3 is 14.4 Å². The first-order valence-electron chi connectivity index (χ1n) is 7.43. The Balaban J connectivity index is 1.65. The van der Waals surface area contributed by atoms with Crippen LogP contribution in [0.5, 0.6) is 11.8 Å². The van der Waals surface area contributed by atoms with Gasteiger partial charge in [-0.15, -0.1) is 0 Å². The zero-order valence-corrected chi connectivity index (χ0v) is 14.0. The molecule has 1 saturated heterocycles. The first-order chi connectivity index (χ1) is 11.3. The first-order valence-corrected chi connectivity index (χ1v) is 8.65. The molecule has 3 rings (SSSR count). The second-order valence-electron chi connectivity index (χ2n) is 5.14. The summed E-state index contributed by atoms with van der Waals surface area (Å²) in [6.45, 7) is 1.73. The van der Waals surface area contributed by atoms with Crippen LogP contribution in [-0.4, -0.2) is 52.5 Å². The van der Waals surface area contributed by atoms with E-state index in [1.54, 1.807) is 37.5 Å². The molecule has 1 atom stereocenters. The van der Waals surface area contributed by atoms with Crippen molar-refractivity contribution in [1.29, 1.82) is 0 Å². The molecule has 0 saturated carbocycles. The summed E-state index contributed by atoms with van der Waals surface area (Å²) in [4.78, 5) is 19.3. The number of methoxy groups -OCH3 is 1. The van der Waals surface area contributed by atoms with Gasteiger partial charge in [-0.3, -0.25) is 0 Å². The van der Waals surface area contributed by atoms with E-state index in [-0.39, 0.29) is 6.10 Å². The molecule has 2 aromatic rings. The van der Waals surface area contributed by atoms with E-state index in [1.165, 1.54) is 0 Å². The quantitative estimate of drug-likeness (QED) is 0.608. The molecule has 0 N–H and O–H groups in total. The third-order valence-corrected chi connectivity index (χ3v) is 4.18. The van der Waals surface area contributed by atoms with E-state index < -0.39 is 0 Å². The van der Waals surface area contributed by atoms with Gasteiger partial charge in [0.05, 0.1) is 26.0 Å². The highest BCUT2D eigenvalue weighted by molar-refractivity contribution is 7.98. The molecule has 1 fully saturated rings. The van der Waals surface area contributed by atoms with Crippen LogP contribution >= 0.6 is 11.8 Å². The number of thioether (sulfide) groups is 1. The van der Waals surface area contributed by atoms with Gasteiger partial charge in [0.1, 0.15) is 11.9 Å². The van der Waals surface area contributed by atoms with E-state index in [1.807, 2.05) is 12.3 Å². The summed E-state index contributed by atoms with van der Waals surface area (Å²) in [7, 11) is 1.59. The zero-order chi connectivity index (χ0) is 16.1. The Morgan fingerprint density at radius 1 is 1.26 bits per heavy atom. The third-order valence-electron chi connectivity index (χ3n) is 3.62. The Kier molecular flexibility index (Phi) is 5.12. The summed E-state index contributed by atoms with van der Waals surface area (Å²) in [5.41, 5.74) is 0. The van der Waals surface area contributed by atoms with Crippen molar-refractivity contribution in [1.82, 2.24) is 19.9 Å². The third kappa shape index (κ3) is 4.01. The van der Waals surface area contributed by atoms with Crippen LogP contribution < -0.4 is 14.4 Å². The highest BCUT2D eigenvalue weighted by Crippen LogP contribution is 2.22. The predicted molar refractivity (Wildman–Crippen MR) is 88.3 cm³/mol. The van der Waals surface area contributed by atoms with Gasteiger partial charge in [0, 0.05) is 12.7 Å². The van der Waals surface area contributed by atoms with Crippen molar-refractivity contribution < 1.29 is 9.47 Å². The molecule has 0 amide bonds. The normalized spacial score (nSPS) is 17.8. The first kappa shape index (κ1) is 15.8. The van der Waals surface area contributed by atoms with Crippen LogP contribution in [0, 0.1) is 0 Å². The number of rotatable bonds is 5. The Morgan fingerprint density at radius 3 is 2.83 bits per heavy atom. The lowest BCUT2D eigenvalue weighted by Crippen LogP contribution is -2.41. The monoisotopic (exact) mass is 333 g/mol. The molecule has 0 radical (unpaired) electrons. The van der Waals surface area contributed by atoms with Crippen molar-refractivity contribution in [2.75, 3.05) is 31.4 Å². The van der Waals surface area contributed by atoms with Crippen LogP contribution in [0.4, 0.5) is 5.82 Å². The fourth-order valence-electron chi connectivity index (χ4n) is 2.47. The van der Waals surface area contributed by atoms with Crippen LogP contribution in [0.25, 0.3) is 0 Å². The number of hydrogen-bond acceptors (Lipinski definition) is 8. The van der Waals surface area contributed by atoms with Gasteiger partial charge in [-0.05, 0) is 25.2 Å². The highest BCUT2D eigenvalue weighted by Gasteiger charge is 2.23. The minimum Gasteiger partial charge on any atom is -0.494 e.